The van der Waals surface area contributed by atoms with Gasteiger partial charge >= 0.3 is 0 Å². The molecule has 1 N–H and O–H groups in total. The van der Waals surface area contributed by atoms with E-state index in [0.29, 0.717) is 35.4 Å². The van der Waals surface area contributed by atoms with Gasteiger partial charge in [0.25, 0.3) is 0 Å². The van der Waals surface area contributed by atoms with Gasteiger partial charge in [-0.3, -0.25) is 9.29 Å². The third kappa shape index (κ3) is 4.94. The van der Waals surface area contributed by atoms with Crippen LogP contribution in [0.3, 0.4) is 0 Å². The number of sulfonamides is 1. The van der Waals surface area contributed by atoms with Crippen LogP contribution in [0.2, 0.25) is 0 Å². The Morgan fingerprint density at radius 1 is 1.11 bits per heavy atom. The zero-order valence-electron chi connectivity index (χ0n) is 20.4. The van der Waals surface area contributed by atoms with Gasteiger partial charge in [0.1, 0.15) is 29.1 Å². The molecule has 0 saturated carbocycles. The van der Waals surface area contributed by atoms with E-state index in [9.17, 15) is 8.42 Å². The number of hydrogen-bond acceptors (Lipinski definition) is 9. The van der Waals surface area contributed by atoms with Crippen molar-refractivity contribution in [1.29, 1.82) is 0 Å². The van der Waals surface area contributed by atoms with E-state index in [1.165, 1.54) is 14.2 Å². The molecule has 0 radical (unpaired) electrons. The number of aryl methyl sites for hydroxylation is 1. The van der Waals surface area contributed by atoms with Crippen molar-refractivity contribution in [1.82, 2.24) is 24.7 Å². The first-order chi connectivity index (χ1) is 16.8. The quantitative estimate of drug-likeness (QED) is 0.469. The largest absolute Gasteiger partial charge is 0.494 e. The molecule has 0 aliphatic carbocycles. The van der Waals surface area contributed by atoms with E-state index in [4.69, 9.17) is 14.2 Å². The van der Waals surface area contributed by atoms with Crippen LogP contribution in [0, 0.1) is 6.92 Å². The van der Waals surface area contributed by atoms with E-state index < -0.39 is 21.2 Å². The fraction of sp³-hybridized carbons (Fsp3) is 0.478. The Labute approximate surface area is 204 Å². The summed E-state index contributed by atoms with van der Waals surface area (Å²) in [5.74, 6) is 1.40. The van der Waals surface area contributed by atoms with Gasteiger partial charge in [-0.15, -0.1) is 10.2 Å². The van der Waals surface area contributed by atoms with E-state index >= 15 is 0 Å². The zero-order valence-corrected chi connectivity index (χ0v) is 21.2. The van der Waals surface area contributed by atoms with Crippen molar-refractivity contribution < 1.29 is 22.6 Å². The minimum Gasteiger partial charge on any atom is -0.494 e. The van der Waals surface area contributed by atoms with Crippen LogP contribution >= 0.6 is 0 Å². The summed E-state index contributed by atoms with van der Waals surface area (Å²) in [6.07, 6.45) is 4.61. The molecule has 0 spiro atoms. The second-order valence-corrected chi connectivity index (χ2v) is 10.5. The van der Waals surface area contributed by atoms with E-state index in [1.807, 2.05) is 6.92 Å². The first-order valence-corrected chi connectivity index (χ1v) is 12.9. The lowest BCUT2D eigenvalue weighted by atomic mass is 10.1. The first kappa shape index (κ1) is 24.9. The van der Waals surface area contributed by atoms with Crippen LogP contribution in [0.4, 0.5) is 5.95 Å². The summed E-state index contributed by atoms with van der Waals surface area (Å²) in [7, 11) is -0.864. The molecule has 188 valence electrons. The number of nitrogens with zero attached hydrogens (tertiary/aromatic N) is 5. The van der Waals surface area contributed by atoms with Crippen LogP contribution in [0.1, 0.15) is 55.9 Å². The Kier molecular flexibility index (Phi) is 7.22. The Hall–Kier alpha value is -3.25. The molecular formula is C23H30N6O5S. The number of methoxy groups -OCH3 is 2. The fourth-order valence-electron chi connectivity index (χ4n) is 3.96. The average molecular weight is 503 g/mol. The first-order valence-electron chi connectivity index (χ1n) is 11.3. The molecule has 11 nitrogen and oxygen atoms in total. The Bertz CT molecular complexity index is 1250. The lowest BCUT2D eigenvalue weighted by Crippen LogP contribution is -2.31. The van der Waals surface area contributed by atoms with Gasteiger partial charge in [-0.2, -0.15) is 0 Å². The highest BCUT2D eigenvalue weighted by Crippen LogP contribution is 2.39. The van der Waals surface area contributed by atoms with Crippen LogP contribution < -0.4 is 14.2 Å². The highest BCUT2D eigenvalue weighted by atomic mass is 32.2. The van der Waals surface area contributed by atoms with Gasteiger partial charge in [0.05, 0.1) is 19.5 Å². The normalized spacial score (nSPS) is 17.7. The topological polar surface area (TPSA) is 130 Å². The molecule has 3 heterocycles. The van der Waals surface area contributed by atoms with E-state index in [1.54, 1.807) is 49.0 Å². The number of para-hydroxylation sites is 1. The smallest absolute Gasteiger partial charge is 0.243 e. The number of ether oxygens (including phenoxy) is 3. The maximum absolute atomic E-state index is 13.5. The average Bonchev–Trinajstić information content (AvgIpc) is 3.52. The van der Waals surface area contributed by atoms with Crippen molar-refractivity contribution in [2.45, 2.75) is 50.9 Å². The van der Waals surface area contributed by atoms with Gasteiger partial charge in [0.2, 0.25) is 16.0 Å². The van der Waals surface area contributed by atoms with Crippen molar-refractivity contribution in [2.75, 3.05) is 25.5 Å². The summed E-state index contributed by atoms with van der Waals surface area (Å²) in [6, 6.07) is 5.30. The van der Waals surface area contributed by atoms with Crippen molar-refractivity contribution in [3.8, 4) is 17.2 Å². The molecule has 1 saturated heterocycles. The highest BCUT2D eigenvalue weighted by molar-refractivity contribution is 7.93. The maximum Gasteiger partial charge on any atom is 0.243 e. The van der Waals surface area contributed by atoms with Gasteiger partial charge in [0.15, 0.2) is 5.82 Å². The Morgan fingerprint density at radius 3 is 2.34 bits per heavy atom. The Morgan fingerprint density at radius 2 is 1.77 bits per heavy atom. The number of hydrogen-bond donors (Lipinski definition) is 1. The number of rotatable bonds is 9. The molecule has 1 aromatic carbocycles. The molecule has 1 unspecified atom stereocenters. The summed E-state index contributed by atoms with van der Waals surface area (Å²) in [5, 5.41) is 7.65. The van der Waals surface area contributed by atoms with Gasteiger partial charge in [-0.05, 0) is 44.4 Å². The predicted octanol–water partition coefficient (Wildman–Crippen LogP) is 3.17. The monoisotopic (exact) mass is 502 g/mol. The van der Waals surface area contributed by atoms with Gasteiger partial charge in [-0.1, -0.05) is 13.0 Å². The standard InChI is InChI=1S/C23H30N6O5S/c1-14-12-24-21(25-13-14)15(2)16(3)35(30,31)28-23-27-26-22(19-10-7-11-34-19)29(23)20-17(32-4)8-6-9-18(20)33-5/h6,8-9,12-13,15-16,19H,7,10-11H2,1-5H3,(H,27,28)/t15-,16-,19?/m0/s1. The van der Waals surface area contributed by atoms with Crippen LogP contribution in [-0.4, -0.2) is 59.2 Å². The van der Waals surface area contributed by atoms with Gasteiger partial charge < -0.3 is 14.2 Å². The lowest BCUT2D eigenvalue weighted by molar-refractivity contribution is 0.103. The molecule has 12 heteroatoms. The number of aromatic nitrogens is 5. The minimum absolute atomic E-state index is 0.0159. The molecule has 3 aromatic rings. The lowest BCUT2D eigenvalue weighted by Gasteiger charge is -2.22. The summed E-state index contributed by atoms with van der Waals surface area (Å²) in [4.78, 5) is 8.60. The summed E-state index contributed by atoms with van der Waals surface area (Å²) in [6.45, 7) is 5.86. The molecule has 35 heavy (non-hydrogen) atoms. The molecule has 0 amide bonds. The van der Waals surface area contributed by atoms with Crippen molar-refractivity contribution in [2.24, 2.45) is 0 Å². The van der Waals surface area contributed by atoms with Crippen molar-refractivity contribution in [3.63, 3.8) is 0 Å². The van der Waals surface area contributed by atoms with Crippen LogP contribution in [0.15, 0.2) is 30.6 Å². The third-order valence-electron chi connectivity index (χ3n) is 6.17. The number of benzene rings is 1. The second-order valence-electron chi connectivity index (χ2n) is 8.49. The molecule has 4 rings (SSSR count). The van der Waals surface area contributed by atoms with Crippen LogP contribution in [-0.2, 0) is 14.8 Å². The molecule has 1 aliphatic rings. The van der Waals surface area contributed by atoms with E-state index in [2.05, 4.69) is 24.9 Å². The Balaban J connectivity index is 1.76. The van der Waals surface area contributed by atoms with Gasteiger partial charge in [-0.25, -0.2) is 18.4 Å². The predicted molar refractivity (Wildman–Crippen MR) is 130 cm³/mol. The van der Waals surface area contributed by atoms with E-state index in [-0.39, 0.29) is 12.1 Å². The maximum atomic E-state index is 13.5. The van der Waals surface area contributed by atoms with Crippen LogP contribution in [0.5, 0.6) is 11.5 Å². The van der Waals surface area contributed by atoms with Crippen molar-refractivity contribution in [3.05, 3.63) is 47.8 Å². The number of anilines is 1. The minimum atomic E-state index is -3.93. The molecular weight excluding hydrogens is 472 g/mol. The van der Waals surface area contributed by atoms with Crippen LogP contribution in [0.25, 0.3) is 5.69 Å². The molecule has 3 atom stereocenters. The molecule has 1 aliphatic heterocycles. The second kappa shape index (κ2) is 10.2. The van der Waals surface area contributed by atoms with Crippen molar-refractivity contribution >= 4 is 16.0 Å². The SMILES string of the molecule is COc1cccc(OC)c1-n1c(NS(=O)(=O)[C@@H](C)[C@H](C)c2ncc(C)cn2)nnc1C1CCCO1. The van der Waals surface area contributed by atoms with E-state index in [0.717, 1.165) is 18.4 Å². The van der Waals surface area contributed by atoms with Gasteiger partial charge in [0, 0.05) is 24.9 Å². The zero-order chi connectivity index (χ0) is 25.2. The third-order valence-corrected chi connectivity index (χ3v) is 8.02. The summed E-state index contributed by atoms with van der Waals surface area (Å²) >= 11 is 0. The molecule has 0 bridgehead atoms. The summed E-state index contributed by atoms with van der Waals surface area (Å²) in [5.41, 5.74) is 1.38. The highest BCUT2D eigenvalue weighted by Gasteiger charge is 2.34. The molecule has 2 aromatic heterocycles. The number of nitrogens with one attached hydrogen (secondary N) is 1. The fourth-order valence-corrected chi connectivity index (χ4v) is 5.19. The summed E-state index contributed by atoms with van der Waals surface area (Å²) < 4.78 is 48.2. The molecule has 1 fully saturated rings.